The molecule has 0 radical (unpaired) electrons. The number of methoxy groups -OCH3 is 1. The van der Waals surface area contributed by atoms with Crippen molar-refractivity contribution in [3.8, 4) is 5.75 Å². The largest absolute Gasteiger partial charge is 0.497 e. The Labute approximate surface area is 147 Å². The normalized spacial score (nSPS) is 16.5. The van der Waals surface area contributed by atoms with Gasteiger partial charge < -0.3 is 19.5 Å². The third-order valence-corrected chi connectivity index (χ3v) is 4.56. The summed E-state index contributed by atoms with van der Waals surface area (Å²) in [7, 11) is 1.67. The molecule has 1 aromatic carbocycles. The number of piperazine rings is 1. The van der Waals surface area contributed by atoms with Gasteiger partial charge in [-0.1, -0.05) is 5.16 Å². The highest BCUT2D eigenvalue weighted by atomic mass is 16.5. The Morgan fingerprint density at radius 2 is 1.92 bits per heavy atom. The van der Waals surface area contributed by atoms with Gasteiger partial charge in [0, 0.05) is 37.9 Å². The molecule has 7 heteroatoms. The van der Waals surface area contributed by atoms with Crippen LogP contribution in [0.1, 0.15) is 12.7 Å². The van der Waals surface area contributed by atoms with Crippen LogP contribution in [0.2, 0.25) is 0 Å². The lowest BCUT2D eigenvalue weighted by Crippen LogP contribution is -2.52. The molecule has 2 aromatic rings. The van der Waals surface area contributed by atoms with E-state index in [1.54, 1.807) is 20.1 Å². The zero-order valence-corrected chi connectivity index (χ0v) is 14.9. The van der Waals surface area contributed by atoms with Crippen molar-refractivity contribution >= 4 is 17.4 Å². The van der Waals surface area contributed by atoms with Crippen LogP contribution in [0.3, 0.4) is 0 Å². The number of anilines is 2. The van der Waals surface area contributed by atoms with E-state index in [2.05, 4.69) is 32.4 Å². The van der Waals surface area contributed by atoms with E-state index < -0.39 is 0 Å². The summed E-state index contributed by atoms with van der Waals surface area (Å²) in [4.78, 5) is 16.9. The first kappa shape index (κ1) is 17.3. The summed E-state index contributed by atoms with van der Waals surface area (Å²) in [6.45, 7) is 7.15. The van der Waals surface area contributed by atoms with Gasteiger partial charge in [-0.15, -0.1) is 0 Å². The van der Waals surface area contributed by atoms with Gasteiger partial charge in [0.15, 0.2) is 5.82 Å². The molecule has 1 unspecified atom stereocenters. The predicted molar refractivity (Wildman–Crippen MR) is 96.1 cm³/mol. The molecule has 25 heavy (non-hydrogen) atoms. The molecule has 2 heterocycles. The first-order valence-corrected chi connectivity index (χ1v) is 8.44. The lowest BCUT2D eigenvalue weighted by Gasteiger charge is -2.38. The van der Waals surface area contributed by atoms with Crippen molar-refractivity contribution in [2.45, 2.75) is 19.9 Å². The minimum Gasteiger partial charge on any atom is -0.497 e. The Bertz CT molecular complexity index is 705. The molecule has 7 nitrogen and oxygen atoms in total. The minimum atomic E-state index is -0.213. The van der Waals surface area contributed by atoms with Crippen molar-refractivity contribution in [3.05, 3.63) is 36.1 Å². The van der Waals surface area contributed by atoms with E-state index in [0.29, 0.717) is 11.6 Å². The second-order valence-electron chi connectivity index (χ2n) is 6.21. The van der Waals surface area contributed by atoms with Crippen molar-refractivity contribution < 1.29 is 14.1 Å². The Kier molecular flexibility index (Phi) is 5.23. The molecule has 0 aliphatic carbocycles. The van der Waals surface area contributed by atoms with Crippen molar-refractivity contribution in [3.63, 3.8) is 0 Å². The number of benzene rings is 1. The first-order valence-electron chi connectivity index (χ1n) is 8.44. The van der Waals surface area contributed by atoms with Gasteiger partial charge in [0.25, 0.3) is 0 Å². The van der Waals surface area contributed by atoms with Crippen LogP contribution in [0.15, 0.2) is 34.9 Å². The Balaban J connectivity index is 1.53. The molecule has 0 spiro atoms. The van der Waals surface area contributed by atoms with Crippen molar-refractivity contribution in [2.24, 2.45) is 0 Å². The molecule has 1 aliphatic heterocycles. The topological polar surface area (TPSA) is 70.8 Å². The average molecular weight is 344 g/mol. The summed E-state index contributed by atoms with van der Waals surface area (Å²) in [5, 5.41) is 6.61. The summed E-state index contributed by atoms with van der Waals surface area (Å²) in [6.07, 6.45) is 0. The molecule has 3 rings (SSSR count). The molecular formula is C18H24N4O3. The Morgan fingerprint density at radius 3 is 2.48 bits per heavy atom. The number of carbonyl (C=O) groups excluding carboxylic acids is 1. The Morgan fingerprint density at radius 1 is 1.24 bits per heavy atom. The Hall–Kier alpha value is -2.54. The maximum Gasteiger partial charge on any atom is 0.242 e. The van der Waals surface area contributed by atoms with Gasteiger partial charge in [0.05, 0.1) is 13.2 Å². The van der Waals surface area contributed by atoms with E-state index in [1.807, 2.05) is 19.1 Å². The van der Waals surface area contributed by atoms with E-state index >= 15 is 0 Å². The van der Waals surface area contributed by atoms with Gasteiger partial charge in [-0.05, 0) is 38.1 Å². The van der Waals surface area contributed by atoms with Gasteiger partial charge in [-0.3, -0.25) is 9.69 Å². The second kappa shape index (κ2) is 7.57. The number of amides is 1. The molecule has 0 saturated carbocycles. The standard InChI is InChI=1S/C18H24N4O3/c1-13-12-17(20-25-13)19-18(23)14(2)21-8-10-22(11-9-21)15-4-6-16(24-3)7-5-15/h4-7,12,14H,8-11H2,1-3H3,(H,19,20,23). The van der Waals surface area contributed by atoms with Gasteiger partial charge in [-0.2, -0.15) is 0 Å². The smallest absolute Gasteiger partial charge is 0.242 e. The van der Waals surface area contributed by atoms with Crippen molar-refractivity contribution in [1.29, 1.82) is 0 Å². The van der Waals surface area contributed by atoms with Crippen LogP contribution in [0.25, 0.3) is 0 Å². The molecule has 1 aromatic heterocycles. The number of nitrogens with zero attached hydrogens (tertiary/aromatic N) is 3. The number of hydrogen-bond donors (Lipinski definition) is 1. The lowest BCUT2D eigenvalue weighted by molar-refractivity contribution is -0.120. The van der Waals surface area contributed by atoms with Crippen LogP contribution in [0.5, 0.6) is 5.75 Å². The fraction of sp³-hybridized carbons (Fsp3) is 0.444. The maximum atomic E-state index is 12.4. The molecular weight excluding hydrogens is 320 g/mol. The summed E-state index contributed by atoms with van der Waals surface area (Å²) >= 11 is 0. The number of carbonyl (C=O) groups is 1. The highest BCUT2D eigenvalue weighted by molar-refractivity contribution is 5.93. The van der Waals surface area contributed by atoms with Gasteiger partial charge in [-0.25, -0.2) is 0 Å². The summed E-state index contributed by atoms with van der Waals surface area (Å²) in [5.74, 6) is 1.93. The predicted octanol–water partition coefficient (Wildman–Crippen LogP) is 2.14. The van der Waals surface area contributed by atoms with Crippen LogP contribution in [-0.4, -0.2) is 55.3 Å². The van der Waals surface area contributed by atoms with Crippen LogP contribution < -0.4 is 15.0 Å². The summed E-state index contributed by atoms with van der Waals surface area (Å²) in [5.41, 5.74) is 1.18. The molecule has 1 amide bonds. The van der Waals surface area contributed by atoms with Crippen molar-refractivity contribution in [1.82, 2.24) is 10.1 Å². The zero-order chi connectivity index (χ0) is 17.8. The van der Waals surface area contributed by atoms with E-state index in [4.69, 9.17) is 9.26 Å². The van der Waals surface area contributed by atoms with Crippen LogP contribution >= 0.6 is 0 Å². The molecule has 1 N–H and O–H groups in total. The van der Waals surface area contributed by atoms with Gasteiger partial charge >= 0.3 is 0 Å². The maximum absolute atomic E-state index is 12.4. The fourth-order valence-corrected chi connectivity index (χ4v) is 2.98. The van der Waals surface area contributed by atoms with Gasteiger partial charge in [0.1, 0.15) is 11.5 Å². The minimum absolute atomic E-state index is 0.0637. The first-order chi connectivity index (χ1) is 12.1. The monoisotopic (exact) mass is 344 g/mol. The SMILES string of the molecule is COc1ccc(N2CCN(C(C)C(=O)Nc3cc(C)on3)CC2)cc1. The average Bonchev–Trinajstić information content (AvgIpc) is 3.06. The molecule has 0 bridgehead atoms. The quantitative estimate of drug-likeness (QED) is 0.896. The highest BCUT2D eigenvalue weighted by Gasteiger charge is 2.26. The fourth-order valence-electron chi connectivity index (χ4n) is 2.98. The number of aromatic nitrogens is 1. The molecule has 134 valence electrons. The summed E-state index contributed by atoms with van der Waals surface area (Å²) in [6, 6.07) is 9.58. The van der Waals surface area contributed by atoms with Crippen LogP contribution in [-0.2, 0) is 4.79 Å². The number of hydrogen-bond acceptors (Lipinski definition) is 6. The molecule has 1 fully saturated rings. The second-order valence-corrected chi connectivity index (χ2v) is 6.21. The van der Waals surface area contributed by atoms with Crippen molar-refractivity contribution in [2.75, 3.05) is 43.5 Å². The third kappa shape index (κ3) is 4.11. The van der Waals surface area contributed by atoms with E-state index in [9.17, 15) is 4.79 Å². The molecule has 1 aliphatic rings. The molecule has 1 saturated heterocycles. The van der Waals surface area contributed by atoms with Crippen LogP contribution in [0, 0.1) is 6.92 Å². The third-order valence-electron chi connectivity index (χ3n) is 4.56. The van der Waals surface area contributed by atoms with E-state index in [-0.39, 0.29) is 11.9 Å². The summed E-state index contributed by atoms with van der Waals surface area (Å²) < 4.78 is 10.2. The van der Waals surface area contributed by atoms with Crippen LogP contribution in [0.4, 0.5) is 11.5 Å². The van der Waals surface area contributed by atoms with E-state index in [0.717, 1.165) is 31.9 Å². The number of rotatable bonds is 5. The zero-order valence-electron chi connectivity index (χ0n) is 14.9. The van der Waals surface area contributed by atoms with E-state index in [1.165, 1.54) is 5.69 Å². The highest BCUT2D eigenvalue weighted by Crippen LogP contribution is 2.21. The number of aryl methyl sites for hydroxylation is 1. The van der Waals surface area contributed by atoms with Gasteiger partial charge in [0.2, 0.25) is 5.91 Å². The number of ether oxygens (including phenoxy) is 1. The number of nitrogens with one attached hydrogen (secondary N) is 1. The molecule has 1 atom stereocenters. The lowest BCUT2D eigenvalue weighted by atomic mass is 10.2.